The Balaban J connectivity index is 0.000000160. The molecule has 1 N–H and O–H groups in total. The van der Waals surface area contributed by atoms with E-state index in [1.807, 2.05) is 31.1 Å². The molecule has 296 valence electrons. The number of H-pyrrole nitrogens is 1. The topological polar surface area (TPSA) is 136 Å². The molecule has 0 bridgehead atoms. The van der Waals surface area contributed by atoms with Crippen molar-refractivity contribution in [2.45, 2.75) is 33.2 Å². The fourth-order valence-corrected chi connectivity index (χ4v) is 7.43. The Morgan fingerprint density at radius 3 is 1.51 bits per heavy atom. The van der Waals surface area contributed by atoms with Gasteiger partial charge < -0.3 is 19.4 Å². The minimum absolute atomic E-state index is 0.0197. The fraction of sp³-hybridized carbons (Fsp3) is 0.286. The number of carbonyl (C=O) groups is 6. The average molecular weight is 844 g/mol. The second kappa shape index (κ2) is 17.9. The van der Waals surface area contributed by atoms with Gasteiger partial charge >= 0.3 is 0 Å². The molecule has 6 heterocycles. The number of benzene rings is 2. The van der Waals surface area contributed by atoms with E-state index in [9.17, 15) is 37.5 Å². The van der Waals surface area contributed by atoms with E-state index in [0.717, 1.165) is 52.4 Å². The zero-order valence-corrected chi connectivity index (χ0v) is 33.1. The zero-order chi connectivity index (χ0) is 40.8. The Morgan fingerprint density at radius 2 is 1.05 bits per heavy atom. The number of carbonyl (C=O) groups excluding carboxylic acids is 6. The van der Waals surface area contributed by atoms with Crippen LogP contribution >= 0.6 is 15.9 Å². The highest BCUT2D eigenvalue weighted by atomic mass is 79.9. The molecule has 2 aromatic heterocycles. The third kappa shape index (κ3) is 8.29. The summed E-state index contributed by atoms with van der Waals surface area (Å²) in [6, 6.07) is 13.2. The molecule has 12 nitrogen and oxygen atoms in total. The summed E-state index contributed by atoms with van der Waals surface area (Å²) in [6.07, 6.45) is 9.85. The molecule has 0 saturated heterocycles. The van der Waals surface area contributed by atoms with Crippen LogP contribution in [-0.2, 0) is 19.4 Å². The molecule has 0 atom stereocenters. The summed E-state index contributed by atoms with van der Waals surface area (Å²) in [7, 11) is 0. The average Bonchev–Trinajstić information content (AvgIpc) is 4.00. The molecule has 6 amide bonds. The Hall–Kier alpha value is -5.96. The predicted molar refractivity (Wildman–Crippen MR) is 212 cm³/mol. The summed E-state index contributed by atoms with van der Waals surface area (Å²) in [5.74, 6) is -1.42. The molecular weight excluding hydrogens is 802 g/mol. The molecule has 57 heavy (non-hydrogen) atoms. The third-order valence-electron chi connectivity index (χ3n) is 10.2. The Kier molecular flexibility index (Phi) is 12.8. The Labute approximate surface area is 336 Å². The largest absolute Gasteiger partial charge is 0.367 e. The molecule has 0 saturated carbocycles. The summed E-state index contributed by atoms with van der Waals surface area (Å²) in [5.41, 5.74) is 5.64. The van der Waals surface area contributed by atoms with Crippen LogP contribution in [-0.4, -0.2) is 109 Å². The van der Waals surface area contributed by atoms with Gasteiger partial charge in [-0.25, -0.2) is 8.78 Å². The number of alkyl halides is 1. The van der Waals surface area contributed by atoms with E-state index < -0.39 is 11.8 Å². The molecule has 8 rings (SSSR count). The second-order valence-corrected chi connectivity index (χ2v) is 14.2. The van der Waals surface area contributed by atoms with Gasteiger partial charge in [-0.15, -0.1) is 0 Å². The van der Waals surface area contributed by atoms with Crippen LogP contribution in [0.3, 0.4) is 0 Å². The van der Waals surface area contributed by atoms with Crippen LogP contribution in [0.1, 0.15) is 87.1 Å². The highest BCUT2D eigenvalue weighted by Gasteiger charge is 2.36. The normalized spacial score (nSPS) is 16.2. The molecule has 0 fully saturated rings. The number of likely N-dealkylation sites (N-methyl/N-ethyl adjacent to an activating group) is 2. The van der Waals surface area contributed by atoms with Crippen molar-refractivity contribution in [1.29, 1.82) is 0 Å². The van der Waals surface area contributed by atoms with Crippen LogP contribution in [0.5, 0.6) is 0 Å². The SMILES string of the molecule is CCN1CCc2c[nH]cc2C1=O.CCN1CCc2cn(C/C(=C/F)CN3C(=O)c4ccccc4C3=O)cc2C1=O.O=C1c2ccccc2C(=O)N1C/C(=C\F)CBr. The maximum Gasteiger partial charge on any atom is 0.261 e. The van der Waals surface area contributed by atoms with Crippen molar-refractivity contribution in [3.8, 4) is 0 Å². The highest BCUT2D eigenvalue weighted by molar-refractivity contribution is 9.09. The van der Waals surface area contributed by atoms with Crippen molar-refractivity contribution in [2.24, 2.45) is 0 Å². The summed E-state index contributed by atoms with van der Waals surface area (Å²) in [6.45, 7) is 6.96. The van der Waals surface area contributed by atoms with Crippen LogP contribution in [0.15, 0.2) is 97.1 Å². The van der Waals surface area contributed by atoms with E-state index >= 15 is 0 Å². The minimum atomic E-state index is -0.416. The summed E-state index contributed by atoms with van der Waals surface area (Å²) >= 11 is 3.10. The first-order valence-corrected chi connectivity index (χ1v) is 19.6. The van der Waals surface area contributed by atoms with Crippen molar-refractivity contribution < 1.29 is 37.5 Å². The number of fused-ring (bicyclic) bond motifs is 4. The first-order chi connectivity index (χ1) is 27.5. The smallest absolute Gasteiger partial charge is 0.261 e. The van der Waals surface area contributed by atoms with Gasteiger partial charge in [0.15, 0.2) is 0 Å². The van der Waals surface area contributed by atoms with E-state index in [-0.39, 0.29) is 54.2 Å². The predicted octanol–water partition coefficient (Wildman–Crippen LogP) is 6.22. The second-order valence-electron chi connectivity index (χ2n) is 13.7. The number of amides is 6. The van der Waals surface area contributed by atoms with Gasteiger partial charge in [-0.2, -0.15) is 0 Å². The molecule has 0 aliphatic carbocycles. The summed E-state index contributed by atoms with van der Waals surface area (Å²) in [4.78, 5) is 81.6. The number of aromatic amines is 1. The lowest BCUT2D eigenvalue weighted by molar-refractivity contribution is 0.0651. The molecule has 4 aliphatic rings. The first kappa shape index (κ1) is 40.7. The Bertz CT molecular complexity index is 2230. The van der Waals surface area contributed by atoms with Gasteiger partial charge in [-0.3, -0.25) is 38.6 Å². The highest BCUT2D eigenvalue weighted by Crippen LogP contribution is 2.26. The van der Waals surface area contributed by atoms with Crippen molar-refractivity contribution in [3.05, 3.63) is 142 Å². The van der Waals surface area contributed by atoms with Gasteiger partial charge in [-0.05, 0) is 73.2 Å². The number of nitrogens with one attached hydrogen (secondary N) is 1. The van der Waals surface area contributed by atoms with Gasteiger partial charge in [-0.1, -0.05) is 40.2 Å². The number of nitrogens with zero attached hydrogens (tertiary/aromatic N) is 5. The Morgan fingerprint density at radius 1 is 0.596 bits per heavy atom. The molecule has 2 aromatic carbocycles. The lowest BCUT2D eigenvalue weighted by Gasteiger charge is -2.25. The van der Waals surface area contributed by atoms with Crippen LogP contribution in [0, 0.1) is 0 Å². The number of hydrogen-bond donors (Lipinski definition) is 1. The van der Waals surface area contributed by atoms with Gasteiger partial charge in [0.2, 0.25) is 0 Å². The molecule has 4 aromatic rings. The van der Waals surface area contributed by atoms with E-state index in [1.54, 1.807) is 70.4 Å². The number of halogens is 3. The first-order valence-electron chi connectivity index (χ1n) is 18.5. The number of imide groups is 2. The third-order valence-corrected chi connectivity index (χ3v) is 11.0. The van der Waals surface area contributed by atoms with Gasteiger partial charge in [0.05, 0.1) is 59.1 Å². The summed E-state index contributed by atoms with van der Waals surface area (Å²) < 4.78 is 27.8. The van der Waals surface area contributed by atoms with Gasteiger partial charge in [0.25, 0.3) is 35.4 Å². The molecule has 0 unspecified atom stereocenters. The standard InChI is InChI=1S/C21H20FN3O3.C12H9BrFNO2.C9H12N2O/c1-2-24-8-7-15-12-23(13-18(15)19(24)26)10-14(9-22)11-25-20(27)16-5-3-4-6-17(16)21(25)28;13-5-8(6-14)7-15-11(16)9-3-1-2-4-10(9)12(15)17;1-2-11-4-3-7-5-10-6-8(7)9(11)12/h3-6,9,12-13H,2,7-8,10-11H2,1H3;1-4,6H,5,7H2;5-6,10H,2-4H2,1H3/b14-9-;8-6-;. The number of rotatable bonds is 9. The van der Waals surface area contributed by atoms with Gasteiger partial charge in [0, 0.05) is 62.8 Å². The molecule has 4 aliphatic heterocycles. The van der Waals surface area contributed by atoms with Crippen LogP contribution in [0.4, 0.5) is 8.78 Å². The van der Waals surface area contributed by atoms with Crippen molar-refractivity contribution in [3.63, 3.8) is 0 Å². The monoisotopic (exact) mass is 842 g/mol. The fourth-order valence-electron chi connectivity index (χ4n) is 7.13. The maximum absolute atomic E-state index is 13.6. The minimum Gasteiger partial charge on any atom is -0.367 e. The number of hydrogen-bond acceptors (Lipinski definition) is 6. The molecule has 0 radical (unpaired) electrons. The van der Waals surface area contributed by atoms with Crippen molar-refractivity contribution in [1.82, 2.24) is 29.2 Å². The van der Waals surface area contributed by atoms with Gasteiger partial charge in [0.1, 0.15) is 0 Å². The van der Waals surface area contributed by atoms with E-state index in [2.05, 4.69) is 20.9 Å². The van der Waals surface area contributed by atoms with Crippen molar-refractivity contribution >= 4 is 51.4 Å². The van der Waals surface area contributed by atoms with E-state index in [0.29, 0.717) is 59.1 Å². The lowest BCUT2D eigenvalue weighted by atomic mass is 10.1. The van der Waals surface area contributed by atoms with Crippen LogP contribution in [0.25, 0.3) is 0 Å². The molecule has 15 heteroatoms. The number of aromatic nitrogens is 2. The van der Waals surface area contributed by atoms with Crippen LogP contribution in [0.2, 0.25) is 0 Å². The quantitative estimate of drug-likeness (QED) is 0.157. The zero-order valence-electron chi connectivity index (χ0n) is 31.5. The molecular formula is C42H41BrF2N6O6. The van der Waals surface area contributed by atoms with E-state index in [1.165, 1.54) is 0 Å². The summed E-state index contributed by atoms with van der Waals surface area (Å²) in [5, 5.41) is 0.289. The van der Waals surface area contributed by atoms with Crippen molar-refractivity contribution in [2.75, 3.05) is 44.6 Å². The van der Waals surface area contributed by atoms with Crippen LogP contribution < -0.4 is 0 Å². The van der Waals surface area contributed by atoms with E-state index in [4.69, 9.17) is 0 Å². The lowest BCUT2D eigenvalue weighted by Crippen LogP contribution is -2.36. The molecule has 0 spiro atoms. The maximum atomic E-state index is 13.6.